The third kappa shape index (κ3) is 3.36. The second kappa shape index (κ2) is 6.60. The highest BCUT2D eigenvalue weighted by molar-refractivity contribution is 7.92. The summed E-state index contributed by atoms with van der Waals surface area (Å²) in [6, 6.07) is 2.54. The fourth-order valence-corrected chi connectivity index (χ4v) is 3.84. The molecule has 0 unspecified atom stereocenters. The highest BCUT2D eigenvalue weighted by Gasteiger charge is 2.38. The number of hydrogen-bond donors (Lipinski definition) is 2. The van der Waals surface area contributed by atoms with Crippen molar-refractivity contribution in [1.82, 2.24) is 14.5 Å². The fraction of sp³-hybridized carbons (Fsp3) is 0.375. The zero-order chi connectivity index (χ0) is 19.1. The van der Waals surface area contributed by atoms with Gasteiger partial charge in [0, 0.05) is 23.9 Å². The number of aromatic nitrogens is 2. The number of nitrogens with one attached hydrogen (secondary N) is 1. The molecule has 1 aliphatic heterocycles. The van der Waals surface area contributed by atoms with Gasteiger partial charge in [0.15, 0.2) is 5.82 Å². The van der Waals surface area contributed by atoms with Gasteiger partial charge in [-0.2, -0.15) is 13.5 Å². The van der Waals surface area contributed by atoms with E-state index < -0.39 is 39.9 Å². The summed E-state index contributed by atoms with van der Waals surface area (Å²) in [5.74, 6) is -1.81. The van der Waals surface area contributed by atoms with Gasteiger partial charge in [0.2, 0.25) is 0 Å². The minimum Gasteiger partial charge on any atom is -0.506 e. The number of anilines is 1. The largest absolute Gasteiger partial charge is 0.506 e. The normalized spacial score (nSPS) is 16.3. The van der Waals surface area contributed by atoms with Crippen molar-refractivity contribution in [2.75, 3.05) is 10.8 Å². The third-order valence-electron chi connectivity index (χ3n) is 4.04. The van der Waals surface area contributed by atoms with Crippen molar-refractivity contribution < 1.29 is 22.7 Å². The molecule has 1 fully saturated rings. The molecule has 8 nitrogen and oxygen atoms in total. The van der Waals surface area contributed by atoms with E-state index in [1.165, 1.54) is 18.3 Å². The second-order valence-corrected chi connectivity index (χ2v) is 8.10. The first-order valence-electron chi connectivity index (χ1n) is 8.06. The van der Waals surface area contributed by atoms with E-state index in [4.69, 9.17) is 0 Å². The van der Waals surface area contributed by atoms with Crippen LogP contribution in [0.1, 0.15) is 20.3 Å². The molecule has 0 radical (unpaired) electrons. The van der Waals surface area contributed by atoms with Gasteiger partial charge in [-0.25, -0.2) is 13.4 Å². The summed E-state index contributed by atoms with van der Waals surface area (Å²) in [7, 11) is -4.23. The summed E-state index contributed by atoms with van der Waals surface area (Å²) in [6.07, 6.45) is 4.04. The van der Waals surface area contributed by atoms with E-state index in [1.54, 1.807) is 15.6 Å². The third-order valence-corrected chi connectivity index (χ3v) is 5.42. The van der Waals surface area contributed by atoms with Crippen LogP contribution >= 0.6 is 0 Å². The number of phenols is 1. The van der Waals surface area contributed by atoms with Crippen LogP contribution in [-0.2, 0) is 21.5 Å². The molecule has 0 bridgehead atoms. The molecule has 1 aliphatic rings. The van der Waals surface area contributed by atoms with Crippen LogP contribution in [0.3, 0.4) is 0 Å². The van der Waals surface area contributed by atoms with Crippen LogP contribution < -0.4 is 9.03 Å². The standard InChI is InChI=1S/C16H19FN4O4S/c1-10(2)5-6-20-8-11(7-18-20)12-3-4-13(22)16(15(12)17)21-9-14(23)19-26(21,24)25/h3-4,7-8,10,22H,5-6,9H2,1-2H3,(H,19,23). The molecule has 26 heavy (non-hydrogen) atoms. The van der Waals surface area contributed by atoms with E-state index in [1.807, 2.05) is 0 Å². The number of phenolic OH excluding ortho intramolecular Hbond substituents is 1. The van der Waals surface area contributed by atoms with Crippen molar-refractivity contribution in [1.29, 1.82) is 0 Å². The summed E-state index contributed by atoms with van der Waals surface area (Å²) in [6.45, 7) is 4.25. The van der Waals surface area contributed by atoms with Crippen molar-refractivity contribution in [3.8, 4) is 16.9 Å². The summed E-state index contributed by atoms with van der Waals surface area (Å²) in [4.78, 5) is 11.4. The predicted octanol–water partition coefficient (Wildman–Crippen LogP) is 1.62. The molecule has 1 aromatic carbocycles. The van der Waals surface area contributed by atoms with Gasteiger partial charge in [0.05, 0.1) is 6.20 Å². The molecular formula is C16H19FN4O4S. The molecule has 1 aromatic heterocycles. The number of rotatable bonds is 5. The van der Waals surface area contributed by atoms with E-state index in [9.17, 15) is 18.3 Å². The first kappa shape index (κ1) is 18.2. The monoisotopic (exact) mass is 382 g/mol. The van der Waals surface area contributed by atoms with E-state index >= 15 is 4.39 Å². The summed E-state index contributed by atoms with van der Waals surface area (Å²) >= 11 is 0. The Hall–Kier alpha value is -2.62. The number of amides is 1. The SMILES string of the molecule is CC(C)CCn1cc(-c2ccc(O)c(N3CC(=O)NS3(=O)=O)c2F)cn1. The van der Waals surface area contributed by atoms with Gasteiger partial charge in [-0.1, -0.05) is 13.8 Å². The molecule has 1 saturated heterocycles. The van der Waals surface area contributed by atoms with Crippen LogP contribution in [-0.4, -0.2) is 35.8 Å². The van der Waals surface area contributed by atoms with Crippen molar-refractivity contribution >= 4 is 21.8 Å². The molecule has 0 atom stereocenters. The number of aryl methyl sites for hydroxylation is 1. The highest BCUT2D eigenvalue weighted by Crippen LogP contribution is 2.38. The number of benzene rings is 1. The molecule has 10 heteroatoms. The summed E-state index contributed by atoms with van der Waals surface area (Å²) < 4.78 is 42.9. The number of carbonyl (C=O) groups is 1. The smallest absolute Gasteiger partial charge is 0.326 e. The first-order chi connectivity index (χ1) is 12.2. The molecule has 1 amide bonds. The molecule has 2 N–H and O–H groups in total. The van der Waals surface area contributed by atoms with Crippen molar-refractivity contribution in [3.05, 3.63) is 30.3 Å². The molecule has 140 valence electrons. The molecular weight excluding hydrogens is 363 g/mol. The number of aromatic hydroxyl groups is 1. The van der Waals surface area contributed by atoms with Gasteiger partial charge in [0.25, 0.3) is 5.91 Å². The van der Waals surface area contributed by atoms with Crippen molar-refractivity contribution in [3.63, 3.8) is 0 Å². The lowest BCUT2D eigenvalue weighted by molar-refractivity contribution is -0.117. The fourth-order valence-electron chi connectivity index (χ4n) is 2.68. The number of nitrogens with zero attached hydrogens (tertiary/aromatic N) is 3. The van der Waals surface area contributed by atoms with Gasteiger partial charge < -0.3 is 5.11 Å². The molecule has 0 aliphatic carbocycles. The maximum atomic E-state index is 15.0. The van der Waals surface area contributed by atoms with Crippen LogP contribution in [0.5, 0.6) is 5.75 Å². The number of carbonyl (C=O) groups excluding carboxylic acids is 1. The van der Waals surface area contributed by atoms with E-state index in [0.717, 1.165) is 6.42 Å². The van der Waals surface area contributed by atoms with Crippen LogP contribution in [0.15, 0.2) is 24.5 Å². The Morgan fingerprint density at radius 3 is 2.73 bits per heavy atom. The zero-order valence-electron chi connectivity index (χ0n) is 14.3. The quantitative estimate of drug-likeness (QED) is 0.818. The Morgan fingerprint density at radius 1 is 1.38 bits per heavy atom. The summed E-state index contributed by atoms with van der Waals surface area (Å²) in [5, 5.41) is 14.2. The molecule has 0 spiro atoms. The van der Waals surface area contributed by atoms with Gasteiger partial charge >= 0.3 is 10.2 Å². The maximum absolute atomic E-state index is 15.0. The maximum Gasteiger partial charge on any atom is 0.326 e. The Balaban J connectivity index is 2.00. The van der Waals surface area contributed by atoms with Gasteiger partial charge in [-0.15, -0.1) is 0 Å². The van der Waals surface area contributed by atoms with Crippen LogP contribution in [0, 0.1) is 11.7 Å². The molecule has 3 rings (SSSR count). The van der Waals surface area contributed by atoms with E-state index in [2.05, 4.69) is 18.9 Å². The zero-order valence-corrected chi connectivity index (χ0v) is 15.1. The minimum atomic E-state index is -4.23. The molecule has 2 heterocycles. The Morgan fingerprint density at radius 2 is 2.12 bits per heavy atom. The average molecular weight is 382 g/mol. The lowest BCUT2D eigenvalue weighted by Gasteiger charge is -2.18. The average Bonchev–Trinajstić information content (AvgIpc) is 3.09. The Labute approximate surface area is 150 Å². The first-order valence-corrected chi connectivity index (χ1v) is 9.50. The van der Waals surface area contributed by atoms with Crippen LogP contribution in [0.4, 0.5) is 10.1 Å². The summed E-state index contributed by atoms with van der Waals surface area (Å²) in [5.41, 5.74) is -0.0256. The van der Waals surface area contributed by atoms with Crippen molar-refractivity contribution in [2.24, 2.45) is 5.92 Å². The van der Waals surface area contributed by atoms with Crippen LogP contribution in [0.2, 0.25) is 0 Å². The van der Waals surface area contributed by atoms with E-state index in [-0.39, 0.29) is 5.56 Å². The minimum absolute atomic E-state index is 0.0862. The van der Waals surface area contributed by atoms with E-state index in [0.29, 0.717) is 22.3 Å². The second-order valence-electron chi connectivity index (χ2n) is 6.51. The Kier molecular flexibility index (Phi) is 4.61. The highest BCUT2D eigenvalue weighted by atomic mass is 32.2. The lowest BCUT2D eigenvalue weighted by atomic mass is 10.1. The topological polar surface area (TPSA) is 105 Å². The number of halogens is 1. The molecule has 0 saturated carbocycles. The van der Waals surface area contributed by atoms with Crippen LogP contribution in [0.25, 0.3) is 11.1 Å². The van der Waals surface area contributed by atoms with Gasteiger partial charge in [-0.05, 0) is 24.5 Å². The molecule has 2 aromatic rings. The Bertz CT molecular complexity index is 955. The van der Waals surface area contributed by atoms with Gasteiger partial charge in [-0.3, -0.25) is 9.48 Å². The predicted molar refractivity (Wildman–Crippen MR) is 93.1 cm³/mol. The lowest BCUT2D eigenvalue weighted by Crippen LogP contribution is -2.30. The van der Waals surface area contributed by atoms with Gasteiger partial charge in [0.1, 0.15) is 18.0 Å². The van der Waals surface area contributed by atoms with Crippen molar-refractivity contribution in [2.45, 2.75) is 26.8 Å². The number of hydrogen-bond acceptors (Lipinski definition) is 5.